The van der Waals surface area contributed by atoms with E-state index in [1.54, 1.807) is 6.92 Å². The molecule has 1 aromatic rings. The van der Waals surface area contributed by atoms with Gasteiger partial charge in [-0.1, -0.05) is 19.1 Å². The minimum atomic E-state index is -3.38. The van der Waals surface area contributed by atoms with Gasteiger partial charge in [-0.15, -0.1) is 13.2 Å². The smallest absolute Gasteiger partial charge is 0.376 e. The summed E-state index contributed by atoms with van der Waals surface area (Å²) in [6.07, 6.45) is 3.15. The molecule has 25 heavy (non-hydrogen) atoms. The lowest BCUT2D eigenvalue weighted by molar-refractivity contribution is 0.0979. The number of nitrogens with zero attached hydrogens (tertiary/aromatic N) is 3. The van der Waals surface area contributed by atoms with Gasteiger partial charge in [-0.2, -0.15) is 0 Å². The van der Waals surface area contributed by atoms with Gasteiger partial charge in [0.1, 0.15) is 5.67 Å². The van der Waals surface area contributed by atoms with E-state index in [0.717, 1.165) is 13.7 Å². The van der Waals surface area contributed by atoms with E-state index in [-0.39, 0.29) is 13.1 Å². The summed E-state index contributed by atoms with van der Waals surface area (Å²) in [6.45, 7) is 8.80. The Labute approximate surface area is 146 Å². The fraction of sp³-hybridized carbons (Fsp3) is 0.533. The van der Waals surface area contributed by atoms with Crippen LogP contribution in [-0.2, 0) is 26.4 Å². The summed E-state index contributed by atoms with van der Waals surface area (Å²) in [5.74, 6) is 0. The summed E-state index contributed by atoms with van der Waals surface area (Å²) < 4.78 is 19.2. The van der Waals surface area contributed by atoms with E-state index in [1.165, 1.54) is 33.5 Å². The number of allylic oxidation sites excluding steroid dienone is 2. The van der Waals surface area contributed by atoms with Gasteiger partial charge in [0.15, 0.2) is 0 Å². The summed E-state index contributed by atoms with van der Waals surface area (Å²) in [7, 11) is 0.816. The highest BCUT2D eigenvalue weighted by molar-refractivity contribution is 6.61. The molecule has 0 fully saturated rings. The molecule has 9 nitrogen and oxygen atoms in total. The van der Waals surface area contributed by atoms with Crippen LogP contribution in [0.5, 0.6) is 0 Å². The summed E-state index contributed by atoms with van der Waals surface area (Å²) in [5, 5.41) is 0. The molecule has 10 heteroatoms. The molecule has 1 heterocycles. The van der Waals surface area contributed by atoms with Crippen LogP contribution in [0.1, 0.15) is 19.0 Å². The fourth-order valence-corrected chi connectivity index (χ4v) is 5.09. The van der Waals surface area contributed by atoms with Gasteiger partial charge in [-0.3, -0.25) is 0 Å². The van der Waals surface area contributed by atoms with Crippen molar-refractivity contribution in [2.45, 2.75) is 32.1 Å². The van der Waals surface area contributed by atoms with Crippen LogP contribution in [-0.4, -0.2) is 43.8 Å². The van der Waals surface area contributed by atoms with Crippen LogP contribution in [0.15, 0.2) is 39.7 Å². The van der Waals surface area contributed by atoms with Crippen molar-refractivity contribution in [3.8, 4) is 0 Å². The van der Waals surface area contributed by atoms with Crippen LogP contribution >= 0.6 is 0 Å². The first-order chi connectivity index (χ1) is 11.9. The lowest BCUT2D eigenvalue weighted by Gasteiger charge is -2.32. The summed E-state index contributed by atoms with van der Waals surface area (Å²) in [6, 6.07) is 0. The average molecular weight is 371 g/mol. The zero-order valence-electron chi connectivity index (χ0n) is 15.1. The van der Waals surface area contributed by atoms with Crippen molar-refractivity contribution < 1.29 is 13.3 Å². The minimum absolute atomic E-state index is 0.0347. The second-order valence-electron chi connectivity index (χ2n) is 5.16. The van der Waals surface area contributed by atoms with E-state index < -0.39 is 31.5 Å². The maximum Gasteiger partial charge on any atom is 0.524 e. The van der Waals surface area contributed by atoms with E-state index in [9.17, 15) is 14.4 Å². The maximum absolute atomic E-state index is 12.8. The largest absolute Gasteiger partial charge is 0.524 e. The Kier molecular flexibility index (Phi) is 7.49. The molecule has 0 aliphatic heterocycles. The molecular weight excluding hydrogens is 346 g/mol. The molecule has 0 aromatic carbocycles. The molecule has 0 aliphatic rings. The molecule has 0 spiro atoms. The van der Waals surface area contributed by atoms with Gasteiger partial charge in [0.25, 0.3) is 0 Å². The van der Waals surface area contributed by atoms with Crippen molar-refractivity contribution in [1.82, 2.24) is 13.7 Å². The second kappa shape index (κ2) is 8.90. The first kappa shape index (κ1) is 21.0. The van der Waals surface area contributed by atoms with Crippen molar-refractivity contribution in [1.29, 1.82) is 0 Å². The zero-order valence-corrected chi connectivity index (χ0v) is 16.1. The first-order valence-electron chi connectivity index (χ1n) is 7.72. The van der Waals surface area contributed by atoms with Gasteiger partial charge in [-0.25, -0.2) is 28.1 Å². The fourth-order valence-electron chi connectivity index (χ4n) is 2.74. The van der Waals surface area contributed by atoms with Gasteiger partial charge in [-0.05, 0) is 6.42 Å². The van der Waals surface area contributed by atoms with Crippen LogP contribution in [0.3, 0.4) is 0 Å². The SMILES string of the molecule is C=CCn1c(=O)n(CC=C)c(=O)n(C(CC)[Si](OC)(OC)OC)c1=O. The number of hydrogen-bond acceptors (Lipinski definition) is 6. The Bertz CT molecular complexity index is 733. The number of hydrogen-bond donors (Lipinski definition) is 0. The Morgan fingerprint density at radius 2 is 1.32 bits per heavy atom. The lowest BCUT2D eigenvalue weighted by Crippen LogP contribution is -2.61. The molecule has 140 valence electrons. The van der Waals surface area contributed by atoms with E-state index in [2.05, 4.69) is 13.2 Å². The lowest BCUT2D eigenvalue weighted by atomic mass is 10.4. The van der Waals surface area contributed by atoms with Crippen molar-refractivity contribution in [2.24, 2.45) is 0 Å². The molecule has 1 rings (SSSR count). The molecule has 1 atom stereocenters. The van der Waals surface area contributed by atoms with Crippen molar-refractivity contribution in [2.75, 3.05) is 21.3 Å². The minimum Gasteiger partial charge on any atom is -0.376 e. The molecule has 0 aliphatic carbocycles. The van der Waals surface area contributed by atoms with Gasteiger partial charge in [0.05, 0.1) is 13.1 Å². The third-order valence-electron chi connectivity index (χ3n) is 3.92. The molecule has 1 aromatic heterocycles. The quantitative estimate of drug-likeness (QED) is 0.422. The highest BCUT2D eigenvalue weighted by Gasteiger charge is 2.49. The second-order valence-corrected chi connectivity index (χ2v) is 8.25. The normalized spacial score (nSPS) is 12.8. The van der Waals surface area contributed by atoms with Crippen molar-refractivity contribution >= 4 is 8.80 Å². The van der Waals surface area contributed by atoms with Gasteiger partial charge in [0.2, 0.25) is 0 Å². The van der Waals surface area contributed by atoms with Crippen LogP contribution < -0.4 is 17.1 Å². The van der Waals surface area contributed by atoms with Gasteiger partial charge in [0, 0.05) is 21.3 Å². The zero-order chi connectivity index (χ0) is 19.2. The van der Waals surface area contributed by atoms with E-state index in [0.29, 0.717) is 6.42 Å². The third-order valence-corrected chi connectivity index (χ3v) is 7.11. The third kappa shape index (κ3) is 3.66. The van der Waals surface area contributed by atoms with Crippen LogP contribution in [0, 0.1) is 0 Å². The van der Waals surface area contributed by atoms with Gasteiger partial charge >= 0.3 is 25.9 Å². The number of aromatic nitrogens is 3. The highest BCUT2D eigenvalue weighted by Crippen LogP contribution is 2.24. The molecule has 0 N–H and O–H groups in total. The van der Waals surface area contributed by atoms with Gasteiger partial charge < -0.3 is 13.3 Å². The molecule has 0 bridgehead atoms. The first-order valence-corrected chi connectivity index (χ1v) is 9.52. The Hall–Kier alpha value is -2.01. The van der Waals surface area contributed by atoms with Crippen molar-refractivity contribution in [3.05, 3.63) is 56.8 Å². The average Bonchev–Trinajstić information content (AvgIpc) is 2.62. The number of rotatable bonds is 10. The highest BCUT2D eigenvalue weighted by atomic mass is 28.4. The van der Waals surface area contributed by atoms with E-state index >= 15 is 0 Å². The van der Waals surface area contributed by atoms with E-state index in [4.69, 9.17) is 13.3 Å². The predicted octanol–water partition coefficient (Wildman–Crippen LogP) is -0.0879. The summed E-state index contributed by atoms with van der Waals surface area (Å²) in [5.41, 5.74) is -3.03. The monoisotopic (exact) mass is 371 g/mol. The van der Waals surface area contributed by atoms with Crippen molar-refractivity contribution in [3.63, 3.8) is 0 Å². The Balaban J connectivity index is 3.93. The summed E-state index contributed by atoms with van der Waals surface area (Å²) in [4.78, 5) is 38.1. The van der Waals surface area contributed by atoms with Crippen LogP contribution in [0.2, 0.25) is 0 Å². The predicted molar refractivity (Wildman–Crippen MR) is 95.7 cm³/mol. The Morgan fingerprint density at radius 1 is 0.920 bits per heavy atom. The van der Waals surface area contributed by atoms with E-state index in [1.807, 2.05) is 0 Å². The van der Waals surface area contributed by atoms with Crippen LogP contribution in [0.4, 0.5) is 0 Å². The topological polar surface area (TPSA) is 93.7 Å². The van der Waals surface area contributed by atoms with Crippen LogP contribution in [0.25, 0.3) is 0 Å². The maximum atomic E-state index is 12.8. The molecule has 0 saturated heterocycles. The summed E-state index contributed by atoms with van der Waals surface area (Å²) >= 11 is 0. The standard InChI is InChI=1S/C15H25N3O6Si/c1-7-10-16-13(19)17(11-8-2)15(21)18(14(16)20)12(9-3)25(22-4,23-5)24-6/h7-8,12H,1-2,9-11H2,3-6H3. The Morgan fingerprint density at radius 3 is 1.60 bits per heavy atom. The molecule has 0 radical (unpaired) electrons. The molecule has 1 unspecified atom stereocenters. The molecular formula is C15H25N3O6Si. The molecule has 0 saturated carbocycles. The molecule has 0 amide bonds.